The zero-order chi connectivity index (χ0) is 21.5. The Balaban J connectivity index is 1.79. The fourth-order valence-corrected chi connectivity index (χ4v) is 3.31. The van der Waals surface area contributed by atoms with Gasteiger partial charge in [-0.2, -0.15) is 18.3 Å². The summed E-state index contributed by atoms with van der Waals surface area (Å²) in [4.78, 5) is 13.0. The third kappa shape index (κ3) is 3.59. The van der Waals surface area contributed by atoms with Gasteiger partial charge in [0.15, 0.2) is 0 Å². The average Bonchev–Trinajstić information content (AvgIpc) is 3.10. The van der Waals surface area contributed by atoms with Crippen molar-refractivity contribution in [2.75, 3.05) is 0 Å². The summed E-state index contributed by atoms with van der Waals surface area (Å²) in [6.07, 6.45) is -1.58. The highest BCUT2D eigenvalue weighted by Crippen LogP contribution is 2.30. The first-order valence-electron chi connectivity index (χ1n) is 8.91. The summed E-state index contributed by atoms with van der Waals surface area (Å²) < 4.78 is 54.6. The van der Waals surface area contributed by atoms with Crippen LogP contribution in [0.4, 0.5) is 17.6 Å². The Kier molecular flexibility index (Phi) is 4.90. The first kappa shape index (κ1) is 19.8. The van der Waals surface area contributed by atoms with Crippen LogP contribution < -0.4 is 5.56 Å². The Labute approximate surface area is 167 Å². The van der Waals surface area contributed by atoms with Gasteiger partial charge in [-0.3, -0.25) is 4.79 Å². The number of aliphatic hydroxyl groups is 1. The minimum absolute atomic E-state index is 0.0822. The summed E-state index contributed by atoms with van der Waals surface area (Å²) in [5.74, 6) is -0.434. The van der Waals surface area contributed by atoms with Crippen molar-refractivity contribution in [1.29, 1.82) is 0 Å². The van der Waals surface area contributed by atoms with Crippen molar-refractivity contribution in [2.24, 2.45) is 0 Å². The molecule has 2 aromatic heterocycles. The van der Waals surface area contributed by atoms with Crippen LogP contribution in [0.5, 0.6) is 0 Å². The molecule has 2 heterocycles. The molecule has 9 heteroatoms. The molecule has 0 bridgehead atoms. The fourth-order valence-electron chi connectivity index (χ4n) is 3.31. The number of aromatic nitrogens is 3. The molecule has 0 atom stereocenters. The van der Waals surface area contributed by atoms with E-state index in [9.17, 15) is 27.5 Å². The van der Waals surface area contributed by atoms with Crippen molar-refractivity contribution in [3.8, 4) is 11.3 Å². The average molecular weight is 417 g/mol. The van der Waals surface area contributed by atoms with Crippen LogP contribution in [0.15, 0.2) is 65.7 Å². The lowest BCUT2D eigenvalue weighted by atomic mass is 10.1. The first-order valence-corrected chi connectivity index (χ1v) is 8.91. The van der Waals surface area contributed by atoms with Crippen molar-refractivity contribution in [3.63, 3.8) is 0 Å². The molecule has 0 fully saturated rings. The molecule has 30 heavy (non-hydrogen) atoms. The second-order valence-electron chi connectivity index (χ2n) is 6.71. The molecule has 0 unspecified atom stereocenters. The number of hydrogen-bond acceptors (Lipinski definition) is 3. The van der Waals surface area contributed by atoms with Gasteiger partial charge in [0.05, 0.1) is 24.4 Å². The minimum atomic E-state index is -4.48. The zero-order valence-corrected chi connectivity index (χ0v) is 15.4. The van der Waals surface area contributed by atoms with E-state index >= 15 is 0 Å². The van der Waals surface area contributed by atoms with Gasteiger partial charge in [-0.05, 0) is 42.0 Å². The van der Waals surface area contributed by atoms with Crippen LogP contribution in [0.3, 0.4) is 0 Å². The molecule has 0 saturated heterocycles. The second kappa shape index (κ2) is 7.42. The summed E-state index contributed by atoms with van der Waals surface area (Å²) in [5, 5.41) is 14.2. The van der Waals surface area contributed by atoms with Gasteiger partial charge in [-0.1, -0.05) is 12.1 Å². The Morgan fingerprint density at radius 1 is 1.03 bits per heavy atom. The van der Waals surface area contributed by atoms with Crippen LogP contribution in [0, 0.1) is 5.82 Å². The van der Waals surface area contributed by atoms with E-state index in [2.05, 4.69) is 5.10 Å². The van der Waals surface area contributed by atoms with Crippen LogP contribution in [0.2, 0.25) is 0 Å². The number of halogens is 4. The van der Waals surface area contributed by atoms with Gasteiger partial charge < -0.3 is 9.67 Å². The highest BCUT2D eigenvalue weighted by atomic mass is 19.4. The third-order valence-corrected chi connectivity index (χ3v) is 4.74. The lowest BCUT2D eigenvalue weighted by molar-refractivity contribution is -0.137. The number of aliphatic hydroxyl groups excluding tert-OH is 1. The Hall–Kier alpha value is -3.46. The van der Waals surface area contributed by atoms with Gasteiger partial charge in [-0.25, -0.2) is 8.91 Å². The third-order valence-electron chi connectivity index (χ3n) is 4.74. The summed E-state index contributed by atoms with van der Waals surface area (Å²) in [6, 6.07) is 10.2. The topological polar surface area (TPSA) is 59.5 Å². The second-order valence-corrected chi connectivity index (χ2v) is 6.71. The van der Waals surface area contributed by atoms with Gasteiger partial charge in [0.25, 0.3) is 5.56 Å². The molecule has 0 radical (unpaired) electrons. The summed E-state index contributed by atoms with van der Waals surface area (Å²) in [5.41, 5.74) is 0.198. The minimum Gasteiger partial charge on any atom is -0.392 e. The molecular formula is C21H15F4N3O2. The van der Waals surface area contributed by atoms with E-state index in [4.69, 9.17) is 0 Å². The molecule has 0 amide bonds. The van der Waals surface area contributed by atoms with E-state index in [1.165, 1.54) is 57.9 Å². The van der Waals surface area contributed by atoms with Gasteiger partial charge in [0, 0.05) is 23.5 Å². The van der Waals surface area contributed by atoms with E-state index in [1.54, 1.807) is 0 Å². The molecule has 0 aliphatic rings. The maximum Gasteiger partial charge on any atom is 0.416 e. The monoisotopic (exact) mass is 417 g/mol. The predicted molar refractivity (Wildman–Crippen MR) is 101 cm³/mol. The van der Waals surface area contributed by atoms with Crippen molar-refractivity contribution >= 4 is 5.52 Å². The Morgan fingerprint density at radius 3 is 2.43 bits per heavy atom. The summed E-state index contributed by atoms with van der Waals surface area (Å²) >= 11 is 0. The van der Waals surface area contributed by atoms with Crippen molar-refractivity contribution < 1.29 is 22.7 Å². The molecule has 0 aliphatic carbocycles. The normalized spacial score (nSPS) is 11.9. The molecule has 0 aliphatic heterocycles. The molecule has 154 valence electrons. The van der Waals surface area contributed by atoms with Gasteiger partial charge in [0.2, 0.25) is 0 Å². The van der Waals surface area contributed by atoms with Gasteiger partial charge in [-0.15, -0.1) is 0 Å². The SMILES string of the molecule is O=c1c2c(CO)c(-c3ccc(F)cc3)nn2ccn1Cc1cccc(C(F)(F)F)c1. The summed E-state index contributed by atoms with van der Waals surface area (Å²) in [6.45, 7) is -0.569. The Bertz CT molecular complexity index is 1270. The summed E-state index contributed by atoms with van der Waals surface area (Å²) in [7, 11) is 0. The van der Waals surface area contributed by atoms with Crippen LogP contribution in [0.1, 0.15) is 16.7 Å². The van der Waals surface area contributed by atoms with Crippen LogP contribution in [0.25, 0.3) is 16.8 Å². The number of benzene rings is 2. The number of hydrogen-bond donors (Lipinski definition) is 1. The molecule has 0 saturated carbocycles. The van der Waals surface area contributed by atoms with E-state index in [1.807, 2.05) is 0 Å². The van der Waals surface area contributed by atoms with Crippen LogP contribution in [-0.4, -0.2) is 19.3 Å². The molecule has 4 aromatic rings. The van der Waals surface area contributed by atoms with E-state index in [-0.39, 0.29) is 17.6 Å². The quantitative estimate of drug-likeness (QED) is 0.513. The Morgan fingerprint density at radius 2 is 1.77 bits per heavy atom. The molecule has 0 spiro atoms. The molecule has 1 N–H and O–H groups in total. The molecular weight excluding hydrogens is 402 g/mol. The smallest absolute Gasteiger partial charge is 0.392 e. The standard InChI is InChI=1S/C21H15F4N3O2/c22-16-6-4-14(5-7-16)18-17(12-29)19-20(30)27(8-9-28(19)26-18)11-13-2-1-3-15(10-13)21(23,24)25/h1-10,29H,11-12H2. The first-order chi connectivity index (χ1) is 14.3. The number of fused-ring (bicyclic) bond motifs is 1. The van der Waals surface area contributed by atoms with E-state index in [0.717, 1.165) is 12.1 Å². The number of alkyl halides is 3. The van der Waals surface area contributed by atoms with Gasteiger partial charge >= 0.3 is 6.18 Å². The lowest BCUT2D eigenvalue weighted by Crippen LogP contribution is -2.22. The molecule has 4 rings (SSSR count). The number of nitrogens with zero attached hydrogens (tertiary/aromatic N) is 3. The van der Waals surface area contributed by atoms with Crippen molar-refractivity contribution in [2.45, 2.75) is 19.3 Å². The number of rotatable bonds is 4. The van der Waals surface area contributed by atoms with Crippen LogP contribution >= 0.6 is 0 Å². The molecule has 5 nitrogen and oxygen atoms in total. The highest BCUT2D eigenvalue weighted by Gasteiger charge is 2.30. The fraction of sp³-hybridized carbons (Fsp3) is 0.143. The van der Waals surface area contributed by atoms with Crippen LogP contribution in [-0.2, 0) is 19.3 Å². The van der Waals surface area contributed by atoms with Crippen molar-refractivity contribution in [3.05, 3.63) is 93.8 Å². The van der Waals surface area contributed by atoms with E-state index in [0.29, 0.717) is 16.8 Å². The highest BCUT2D eigenvalue weighted by molar-refractivity contribution is 5.72. The largest absolute Gasteiger partial charge is 0.416 e. The van der Waals surface area contributed by atoms with E-state index < -0.39 is 29.7 Å². The zero-order valence-electron chi connectivity index (χ0n) is 15.4. The molecule has 2 aromatic carbocycles. The van der Waals surface area contributed by atoms with Gasteiger partial charge in [0.1, 0.15) is 11.3 Å². The maximum atomic E-state index is 13.2. The predicted octanol–water partition coefficient (Wildman–Crippen LogP) is 3.86. The lowest BCUT2D eigenvalue weighted by Gasteiger charge is -2.10. The maximum absolute atomic E-state index is 13.2. The van der Waals surface area contributed by atoms with Crippen molar-refractivity contribution in [1.82, 2.24) is 14.2 Å².